The Morgan fingerprint density at radius 3 is 2.47 bits per heavy atom. The molecule has 0 spiro atoms. The summed E-state index contributed by atoms with van der Waals surface area (Å²) in [6, 6.07) is 2.15. The van der Waals surface area contributed by atoms with Gasteiger partial charge in [0.1, 0.15) is 17.2 Å². The molecule has 2 rings (SSSR count). The largest absolute Gasteiger partial charge is 0.325 e. The first-order valence-electron chi connectivity index (χ1n) is 4.92. The molecule has 1 aromatic carbocycles. The number of hydrogen-bond acceptors (Lipinski definition) is 2. The van der Waals surface area contributed by atoms with Crippen molar-refractivity contribution in [2.45, 2.75) is 12.5 Å². The summed E-state index contributed by atoms with van der Waals surface area (Å²) in [6.07, 6.45) is 0. The SMILES string of the molecule is CN1C(=O)N[C@@](C)(c2cc(F)ccc2F)C1=O. The fourth-order valence-electron chi connectivity index (χ4n) is 1.84. The molecule has 0 unspecified atom stereocenters. The van der Waals surface area contributed by atoms with Crippen molar-refractivity contribution in [2.75, 3.05) is 7.05 Å². The summed E-state index contributed by atoms with van der Waals surface area (Å²) in [6.45, 7) is 1.34. The van der Waals surface area contributed by atoms with Gasteiger partial charge < -0.3 is 5.32 Å². The van der Waals surface area contributed by atoms with Gasteiger partial charge in [0.05, 0.1) is 0 Å². The lowest BCUT2D eigenvalue weighted by molar-refractivity contribution is -0.130. The lowest BCUT2D eigenvalue weighted by Crippen LogP contribution is -2.41. The van der Waals surface area contributed by atoms with Crippen LogP contribution in [0.5, 0.6) is 0 Å². The van der Waals surface area contributed by atoms with Crippen molar-refractivity contribution in [1.29, 1.82) is 0 Å². The molecule has 17 heavy (non-hydrogen) atoms. The Labute approximate surface area is 96.2 Å². The molecule has 3 amide bonds. The van der Waals surface area contributed by atoms with E-state index < -0.39 is 29.1 Å². The van der Waals surface area contributed by atoms with Gasteiger partial charge in [-0.3, -0.25) is 9.69 Å². The number of hydrogen-bond donors (Lipinski definition) is 1. The van der Waals surface area contributed by atoms with Crippen LogP contribution >= 0.6 is 0 Å². The van der Waals surface area contributed by atoms with Crippen molar-refractivity contribution in [1.82, 2.24) is 10.2 Å². The highest BCUT2D eigenvalue weighted by atomic mass is 19.1. The molecule has 1 aliphatic heterocycles. The van der Waals surface area contributed by atoms with E-state index in [-0.39, 0.29) is 5.56 Å². The van der Waals surface area contributed by atoms with Gasteiger partial charge in [0, 0.05) is 12.6 Å². The Morgan fingerprint density at radius 2 is 1.94 bits per heavy atom. The minimum Gasteiger partial charge on any atom is -0.319 e. The zero-order chi connectivity index (χ0) is 12.8. The van der Waals surface area contributed by atoms with Crippen molar-refractivity contribution in [3.63, 3.8) is 0 Å². The summed E-state index contributed by atoms with van der Waals surface area (Å²) in [4.78, 5) is 24.0. The van der Waals surface area contributed by atoms with E-state index in [1.165, 1.54) is 14.0 Å². The second-order valence-corrected chi connectivity index (χ2v) is 4.04. The molecule has 1 aromatic rings. The van der Waals surface area contributed by atoms with Crippen LogP contribution in [0.1, 0.15) is 12.5 Å². The summed E-state index contributed by atoms with van der Waals surface area (Å²) in [5.41, 5.74) is -1.74. The predicted molar refractivity (Wildman–Crippen MR) is 55.0 cm³/mol. The van der Waals surface area contributed by atoms with Gasteiger partial charge in [-0.1, -0.05) is 0 Å². The number of carbonyl (C=O) groups is 2. The zero-order valence-corrected chi connectivity index (χ0v) is 9.25. The first kappa shape index (κ1) is 11.5. The van der Waals surface area contributed by atoms with Gasteiger partial charge in [-0.25, -0.2) is 13.6 Å². The van der Waals surface area contributed by atoms with Gasteiger partial charge in [-0.15, -0.1) is 0 Å². The Morgan fingerprint density at radius 1 is 1.29 bits per heavy atom. The van der Waals surface area contributed by atoms with E-state index >= 15 is 0 Å². The number of imide groups is 1. The number of benzene rings is 1. The first-order chi connectivity index (χ1) is 7.86. The lowest BCUT2D eigenvalue weighted by Gasteiger charge is -2.22. The predicted octanol–water partition coefficient (Wildman–Crippen LogP) is 1.36. The van der Waals surface area contributed by atoms with Crippen LogP contribution in [-0.2, 0) is 10.3 Å². The number of rotatable bonds is 1. The fraction of sp³-hybridized carbons (Fsp3) is 0.273. The topological polar surface area (TPSA) is 49.4 Å². The highest BCUT2D eigenvalue weighted by molar-refractivity contribution is 6.06. The number of likely N-dealkylation sites (N-methyl/N-ethyl adjacent to an activating group) is 1. The highest BCUT2D eigenvalue weighted by Crippen LogP contribution is 2.30. The fourth-order valence-corrected chi connectivity index (χ4v) is 1.84. The van der Waals surface area contributed by atoms with E-state index in [0.29, 0.717) is 0 Å². The molecular formula is C11H10F2N2O2. The second-order valence-electron chi connectivity index (χ2n) is 4.04. The van der Waals surface area contributed by atoms with E-state index in [1.54, 1.807) is 0 Å². The third-order valence-corrected chi connectivity index (χ3v) is 2.86. The van der Waals surface area contributed by atoms with Gasteiger partial charge in [-0.2, -0.15) is 0 Å². The van der Waals surface area contributed by atoms with Crippen LogP contribution in [0.25, 0.3) is 0 Å². The van der Waals surface area contributed by atoms with Crippen LogP contribution in [0.3, 0.4) is 0 Å². The monoisotopic (exact) mass is 240 g/mol. The average molecular weight is 240 g/mol. The van der Waals surface area contributed by atoms with E-state index in [0.717, 1.165) is 23.1 Å². The standard InChI is InChI=1S/C11H10F2N2O2/c1-11(9(16)15(2)10(17)14-11)7-5-6(12)3-4-8(7)13/h3-5H,1-2H3,(H,14,17)/t11-/m0/s1. The number of nitrogens with zero attached hydrogens (tertiary/aromatic N) is 1. The number of urea groups is 1. The Hall–Kier alpha value is -1.98. The van der Waals surface area contributed by atoms with Gasteiger partial charge in [0.2, 0.25) is 0 Å². The van der Waals surface area contributed by atoms with Crippen molar-refractivity contribution < 1.29 is 18.4 Å². The second kappa shape index (κ2) is 3.51. The Bertz CT molecular complexity index is 518. The molecule has 0 bridgehead atoms. The molecule has 6 heteroatoms. The quantitative estimate of drug-likeness (QED) is 0.753. The smallest absolute Gasteiger partial charge is 0.319 e. The van der Waals surface area contributed by atoms with Crippen molar-refractivity contribution >= 4 is 11.9 Å². The normalized spacial score (nSPS) is 24.1. The molecule has 1 aliphatic rings. The highest BCUT2D eigenvalue weighted by Gasteiger charge is 2.48. The van der Waals surface area contributed by atoms with Crippen molar-refractivity contribution in [2.24, 2.45) is 0 Å². The van der Waals surface area contributed by atoms with Crippen LogP contribution in [0.15, 0.2) is 18.2 Å². The molecule has 90 valence electrons. The molecular weight excluding hydrogens is 230 g/mol. The number of amides is 3. The number of halogens is 2. The van der Waals surface area contributed by atoms with E-state index in [4.69, 9.17) is 0 Å². The maximum Gasteiger partial charge on any atom is 0.325 e. The van der Waals surface area contributed by atoms with Crippen molar-refractivity contribution in [3.8, 4) is 0 Å². The summed E-state index contributed by atoms with van der Waals surface area (Å²) in [7, 11) is 1.28. The Kier molecular flexibility index (Phi) is 2.38. The zero-order valence-electron chi connectivity index (χ0n) is 9.25. The maximum absolute atomic E-state index is 13.6. The molecule has 0 aliphatic carbocycles. The van der Waals surface area contributed by atoms with Crippen molar-refractivity contribution in [3.05, 3.63) is 35.4 Å². The molecule has 1 N–H and O–H groups in total. The van der Waals surface area contributed by atoms with E-state index in [9.17, 15) is 18.4 Å². The molecule has 1 saturated heterocycles. The van der Waals surface area contributed by atoms with E-state index in [1.807, 2.05) is 0 Å². The molecule has 0 aromatic heterocycles. The third kappa shape index (κ3) is 1.56. The summed E-state index contributed by atoms with van der Waals surface area (Å²) < 4.78 is 26.7. The molecule has 1 atom stereocenters. The maximum atomic E-state index is 13.6. The minimum atomic E-state index is -1.56. The van der Waals surface area contributed by atoms with Crippen LogP contribution in [0.2, 0.25) is 0 Å². The number of carbonyl (C=O) groups excluding carboxylic acids is 2. The summed E-state index contributed by atoms with van der Waals surface area (Å²) >= 11 is 0. The minimum absolute atomic E-state index is 0.180. The third-order valence-electron chi connectivity index (χ3n) is 2.86. The van der Waals surface area contributed by atoms with Crippen LogP contribution in [-0.4, -0.2) is 23.9 Å². The van der Waals surface area contributed by atoms with Crippen LogP contribution in [0.4, 0.5) is 13.6 Å². The lowest BCUT2D eigenvalue weighted by atomic mass is 9.91. The van der Waals surface area contributed by atoms with Gasteiger partial charge in [0.25, 0.3) is 5.91 Å². The average Bonchev–Trinajstić information content (AvgIpc) is 2.47. The molecule has 1 heterocycles. The van der Waals surface area contributed by atoms with Gasteiger partial charge in [0.15, 0.2) is 0 Å². The van der Waals surface area contributed by atoms with Crippen LogP contribution < -0.4 is 5.32 Å². The molecule has 0 saturated carbocycles. The van der Waals surface area contributed by atoms with Crippen LogP contribution in [0, 0.1) is 11.6 Å². The summed E-state index contributed by atoms with van der Waals surface area (Å²) in [5.74, 6) is -2.02. The summed E-state index contributed by atoms with van der Waals surface area (Å²) in [5, 5.41) is 2.34. The van der Waals surface area contributed by atoms with Gasteiger partial charge >= 0.3 is 6.03 Å². The number of nitrogens with one attached hydrogen (secondary N) is 1. The van der Waals surface area contributed by atoms with E-state index in [2.05, 4.69) is 5.32 Å². The molecule has 0 radical (unpaired) electrons. The molecule has 4 nitrogen and oxygen atoms in total. The molecule has 1 fully saturated rings. The van der Waals surface area contributed by atoms with Gasteiger partial charge in [-0.05, 0) is 25.1 Å². The Balaban J connectivity index is 2.56. The first-order valence-corrected chi connectivity index (χ1v) is 4.92.